The fourth-order valence-electron chi connectivity index (χ4n) is 2.44. The second-order valence-electron chi connectivity index (χ2n) is 4.97. The second kappa shape index (κ2) is 7.99. The summed E-state index contributed by atoms with van der Waals surface area (Å²) in [5.41, 5.74) is 7.63. The van der Waals surface area contributed by atoms with Crippen molar-refractivity contribution in [1.29, 1.82) is 0 Å². The summed E-state index contributed by atoms with van der Waals surface area (Å²) in [6.07, 6.45) is 3.22. The number of esters is 1. The average Bonchev–Trinajstić information content (AvgIpc) is 2.61. The monoisotopic (exact) mass is 269 g/mol. The van der Waals surface area contributed by atoms with Crippen molar-refractivity contribution >= 4 is 5.97 Å². The Bertz CT molecular complexity index is 343. The molecule has 0 aromatic carbocycles. The number of ether oxygens (including phenoxy) is 1. The molecule has 0 radical (unpaired) electrons. The molecule has 19 heavy (non-hydrogen) atoms. The molecule has 0 aliphatic carbocycles. The lowest BCUT2D eigenvalue weighted by atomic mass is 9.90. The van der Waals surface area contributed by atoms with Crippen molar-refractivity contribution in [3.8, 4) is 0 Å². The maximum Gasteiger partial charge on any atom is 0.326 e. The molecule has 0 amide bonds. The van der Waals surface area contributed by atoms with Gasteiger partial charge in [-0.2, -0.15) is 0 Å². The predicted molar refractivity (Wildman–Crippen MR) is 72.7 cm³/mol. The summed E-state index contributed by atoms with van der Waals surface area (Å²) >= 11 is 0. The third-order valence-electron chi connectivity index (χ3n) is 3.60. The number of hydrogen-bond acceptors (Lipinski definition) is 5. The van der Waals surface area contributed by atoms with Gasteiger partial charge in [0.1, 0.15) is 5.54 Å². The van der Waals surface area contributed by atoms with Gasteiger partial charge in [0.25, 0.3) is 0 Å². The number of nitrogens with zero attached hydrogens (tertiary/aromatic N) is 4. The highest BCUT2D eigenvalue weighted by Gasteiger charge is 2.39. The molecule has 0 aromatic heterocycles. The van der Waals surface area contributed by atoms with Gasteiger partial charge in [-0.05, 0) is 51.4 Å². The number of rotatable bonds is 6. The maximum atomic E-state index is 12.1. The van der Waals surface area contributed by atoms with Crippen LogP contribution in [0.25, 0.3) is 10.4 Å². The van der Waals surface area contributed by atoms with Crippen LogP contribution in [0.4, 0.5) is 0 Å². The molecule has 7 heteroatoms. The van der Waals surface area contributed by atoms with Crippen molar-refractivity contribution < 1.29 is 9.53 Å². The van der Waals surface area contributed by atoms with Crippen LogP contribution in [0.1, 0.15) is 25.7 Å². The first-order valence-corrected chi connectivity index (χ1v) is 6.67. The quantitative estimate of drug-likeness (QED) is 0.259. The van der Waals surface area contributed by atoms with Gasteiger partial charge in [0.15, 0.2) is 0 Å². The molecular weight excluding hydrogens is 246 g/mol. The fourth-order valence-corrected chi connectivity index (χ4v) is 2.44. The van der Waals surface area contributed by atoms with Gasteiger partial charge in [-0.3, -0.25) is 4.79 Å². The first-order valence-electron chi connectivity index (χ1n) is 6.67. The lowest BCUT2D eigenvalue weighted by molar-refractivity contribution is -0.149. The average molecular weight is 269 g/mol. The number of carbonyl (C=O) groups excluding carboxylic acids is 1. The van der Waals surface area contributed by atoms with Crippen LogP contribution < -0.4 is 5.32 Å². The lowest BCUT2D eigenvalue weighted by Gasteiger charge is -2.31. The van der Waals surface area contributed by atoms with Crippen molar-refractivity contribution in [2.75, 3.05) is 40.3 Å². The van der Waals surface area contributed by atoms with E-state index in [2.05, 4.69) is 27.3 Å². The molecule has 1 unspecified atom stereocenters. The highest BCUT2D eigenvalue weighted by Crippen LogP contribution is 2.23. The Morgan fingerprint density at radius 3 is 3.00 bits per heavy atom. The molecule has 1 heterocycles. The van der Waals surface area contributed by atoms with Gasteiger partial charge in [-0.15, -0.1) is 0 Å². The number of nitrogens with one attached hydrogen (secondary N) is 1. The van der Waals surface area contributed by atoms with E-state index in [0.29, 0.717) is 13.1 Å². The molecule has 0 spiro atoms. The van der Waals surface area contributed by atoms with Crippen molar-refractivity contribution in [3.05, 3.63) is 10.4 Å². The molecule has 1 N–H and O–H groups in total. The van der Waals surface area contributed by atoms with E-state index in [-0.39, 0.29) is 5.97 Å². The molecule has 0 bridgehead atoms. The van der Waals surface area contributed by atoms with Crippen LogP contribution in [0.3, 0.4) is 0 Å². The number of likely N-dealkylation sites (tertiary alicyclic amines) is 1. The molecule has 1 fully saturated rings. The van der Waals surface area contributed by atoms with E-state index < -0.39 is 5.54 Å². The highest BCUT2D eigenvalue weighted by molar-refractivity contribution is 5.80. The summed E-state index contributed by atoms with van der Waals surface area (Å²) < 4.78 is 4.96. The number of azide groups is 1. The number of carbonyl (C=O) groups is 1. The molecular formula is C12H23N5O2. The van der Waals surface area contributed by atoms with Crippen LogP contribution in [0.15, 0.2) is 5.11 Å². The summed E-state index contributed by atoms with van der Waals surface area (Å²) in [5, 5.41) is 6.81. The van der Waals surface area contributed by atoms with E-state index in [0.717, 1.165) is 38.8 Å². The first-order chi connectivity index (χ1) is 9.14. The molecule has 1 rings (SSSR count). The van der Waals surface area contributed by atoms with E-state index in [1.165, 1.54) is 7.11 Å². The minimum absolute atomic E-state index is 0.188. The second-order valence-corrected chi connectivity index (χ2v) is 4.97. The zero-order valence-electron chi connectivity index (χ0n) is 11.8. The van der Waals surface area contributed by atoms with Crippen molar-refractivity contribution in [2.24, 2.45) is 5.11 Å². The normalized spacial score (nSPS) is 24.3. The van der Waals surface area contributed by atoms with Gasteiger partial charge in [-0.25, -0.2) is 0 Å². The van der Waals surface area contributed by atoms with E-state index in [1.807, 2.05) is 0 Å². The van der Waals surface area contributed by atoms with Crippen LogP contribution in [0.5, 0.6) is 0 Å². The molecule has 0 aromatic rings. The Kier molecular flexibility index (Phi) is 6.62. The van der Waals surface area contributed by atoms with Gasteiger partial charge in [0, 0.05) is 18.0 Å². The Hall–Kier alpha value is -1.30. The van der Waals surface area contributed by atoms with Crippen molar-refractivity contribution in [1.82, 2.24) is 10.2 Å². The molecule has 1 saturated heterocycles. The number of hydrogen-bond donors (Lipinski definition) is 1. The van der Waals surface area contributed by atoms with Crippen LogP contribution in [-0.4, -0.2) is 56.7 Å². The Morgan fingerprint density at radius 2 is 2.32 bits per heavy atom. The third kappa shape index (κ3) is 4.70. The summed E-state index contributed by atoms with van der Waals surface area (Å²) in [6.45, 7) is 2.97. The lowest BCUT2D eigenvalue weighted by Crippen LogP contribution is -2.53. The highest BCUT2D eigenvalue weighted by atomic mass is 16.5. The standard InChI is InChI=1S/C12H23N5O2/c1-17-9-3-5-12(6-10-17,11(18)19-2)14-7-4-8-15-16-13/h14H,3-10H2,1-2H3. The summed E-state index contributed by atoms with van der Waals surface area (Å²) in [6, 6.07) is 0. The van der Waals surface area contributed by atoms with Gasteiger partial charge >= 0.3 is 5.97 Å². The van der Waals surface area contributed by atoms with Gasteiger partial charge in [0.05, 0.1) is 7.11 Å². The topological polar surface area (TPSA) is 90.3 Å². The Balaban J connectivity index is 2.59. The van der Waals surface area contributed by atoms with Crippen LogP contribution in [0, 0.1) is 0 Å². The van der Waals surface area contributed by atoms with Crippen LogP contribution in [0.2, 0.25) is 0 Å². The molecule has 108 valence electrons. The van der Waals surface area contributed by atoms with Gasteiger partial charge in [-0.1, -0.05) is 5.11 Å². The molecule has 1 aliphatic rings. The molecule has 1 atom stereocenters. The SMILES string of the molecule is COC(=O)C1(NCCCN=[N+]=[N-])CCCN(C)CC1. The zero-order chi connectivity index (χ0) is 14.1. The molecule has 7 nitrogen and oxygen atoms in total. The van der Waals surface area contributed by atoms with E-state index >= 15 is 0 Å². The predicted octanol–water partition coefficient (Wildman–Crippen LogP) is 1.30. The summed E-state index contributed by atoms with van der Waals surface area (Å²) in [5.74, 6) is -0.188. The van der Waals surface area contributed by atoms with E-state index in [9.17, 15) is 4.79 Å². The van der Waals surface area contributed by atoms with Gasteiger partial charge < -0.3 is 15.0 Å². The number of methoxy groups -OCH3 is 1. The van der Waals surface area contributed by atoms with E-state index in [4.69, 9.17) is 10.3 Å². The smallest absolute Gasteiger partial charge is 0.326 e. The van der Waals surface area contributed by atoms with E-state index in [1.54, 1.807) is 0 Å². The largest absolute Gasteiger partial charge is 0.468 e. The fraction of sp³-hybridized carbons (Fsp3) is 0.917. The Labute approximate surface area is 113 Å². The molecule has 1 aliphatic heterocycles. The third-order valence-corrected chi connectivity index (χ3v) is 3.60. The van der Waals surface area contributed by atoms with Crippen molar-refractivity contribution in [2.45, 2.75) is 31.2 Å². The Morgan fingerprint density at radius 1 is 1.53 bits per heavy atom. The first kappa shape index (κ1) is 15.8. The van der Waals surface area contributed by atoms with Crippen LogP contribution >= 0.6 is 0 Å². The van der Waals surface area contributed by atoms with Crippen molar-refractivity contribution in [3.63, 3.8) is 0 Å². The minimum atomic E-state index is -0.587. The minimum Gasteiger partial charge on any atom is -0.468 e. The summed E-state index contributed by atoms with van der Waals surface area (Å²) in [7, 11) is 3.50. The summed E-state index contributed by atoms with van der Waals surface area (Å²) in [4.78, 5) is 17.0. The molecule has 0 saturated carbocycles. The van der Waals surface area contributed by atoms with Gasteiger partial charge in [0.2, 0.25) is 0 Å². The maximum absolute atomic E-state index is 12.1. The zero-order valence-corrected chi connectivity index (χ0v) is 11.8. The van der Waals surface area contributed by atoms with Crippen LogP contribution in [-0.2, 0) is 9.53 Å².